The van der Waals surface area contributed by atoms with Crippen LogP contribution in [0, 0.1) is 19.7 Å². The van der Waals surface area contributed by atoms with Crippen molar-refractivity contribution in [3.63, 3.8) is 0 Å². The van der Waals surface area contributed by atoms with E-state index in [-0.39, 0.29) is 22.7 Å². The van der Waals surface area contributed by atoms with E-state index < -0.39 is 5.82 Å². The van der Waals surface area contributed by atoms with Gasteiger partial charge < -0.3 is 4.57 Å². The Labute approximate surface area is 196 Å². The minimum Gasteiger partial charge on any atom is -0.318 e. The Morgan fingerprint density at radius 3 is 2.48 bits per heavy atom. The number of carbonyl (C=O) groups is 2. The molecule has 8 heteroatoms. The van der Waals surface area contributed by atoms with Crippen LogP contribution in [-0.4, -0.2) is 20.6 Å². The minimum atomic E-state index is -0.469. The number of imide groups is 1. The Balaban J connectivity index is 1.62. The fourth-order valence-corrected chi connectivity index (χ4v) is 4.84. The summed E-state index contributed by atoms with van der Waals surface area (Å²) in [6.07, 6.45) is 1.74. The normalized spacial score (nSPS) is 15.4. The fourth-order valence-electron chi connectivity index (χ4n) is 3.52. The van der Waals surface area contributed by atoms with Gasteiger partial charge in [0, 0.05) is 26.6 Å². The van der Waals surface area contributed by atoms with Crippen molar-refractivity contribution in [1.82, 2.24) is 9.47 Å². The first-order chi connectivity index (χ1) is 14.7. The number of benzene rings is 2. The average molecular weight is 520 g/mol. The maximum absolute atomic E-state index is 13.3. The van der Waals surface area contributed by atoms with Crippen LogP contribution in [0.3, 0.4) is 0 Å². The van der Waals surface area contributed by atoms with Crippen molar-refractivity contribution in [2.24, 2.45) is 0 Å². The van der Waals surface area contributed by atoms with Crippen molar-refractivity contribution in [3.8, 4) is 5.69 Å². The summed E-state index contributed by atoms with van der Waals surface area (Å²) in [5, 5.41) is -0.195. The van der Waals surface area contributed by atoms with Gasteiger partial charge in [-0.3, -0.25) is 14.5 Å². The van der Waals surface area contributed by atoms with E-state index in [4.69, 9.17) is 11.6 Å². The zero-order valence-corrected chi connectivity index (χ0v) is 19.8. The molecule has 4 nitrogen and oxygen atoms in total. The Hall–Kier alpha value is -2.35. The van der Waals surface area contributed by atoms with Gasteiger partial charge in [0.2, 0.25) is 0 Å². The van der Waals surface area contributed by atoms with Crippen LogP contribution in [0.4, 0.5) is 9.18 Å². The standard InChI is InChI=1S/C23H17BrClFN2O2S/c1-13-9-16(14(2)28(13)19-7-4-17(24)5-8-19)10-21-22(29)27(23(30)31-21)12-15-3-6-18(26)11-20(15)25/h3-11H,12H2,1-2H3/b21-10-. The maximum Gasteiger partial charge on any atom is 0.293 e. The number of hydrogen-bond donors (Lipinski definition) is 0. The highest BCUT2D eigenvalue weighted by atomic mass is 79.9. The molecule has 1 aliphatic rings. The lowest BCUT2D eigenvalue weighted by Crippen LogP contribution is -2.27. The van der Waals surface area contributed by atoms with E-state index in [0.29, 0.717) is 10.5 Å². The number of aromatic nitrogens is 1. The number of rotatable bonds is 4. The SMILES string of the molecule is Cc1cc(/C=C2\SC(=O)N(Cc3ccc(F)cc3Cl)C2=O)c(C)n1-c1ccc(Br)cc1. The van der Waals surface area contributed by atoms with Crippen LogP contribution in [0.25, 0.3) is 11.8 Å². The molecule has 1 aromatic heterocycles. The molecular weight excluding hydrogens is 503 g/mol. The number of halogens is 3. The smallest absolute Gasteiger partial charge is 0.293 e. The Morgan fingerprint density at radius 1 is 1.10 bits per heavy atom. The summed E-state index contributed by atoms with van der Waals surface area (Å²) >= 11 is 10.4. The molecule has 0 spiro atoms. The monoisotopic (exact) mass is 518 g/mol. The van der Waals surface area contributed by atoms with Crippen LogP contribution in [0.5, 0.6) is 0 Å². The van der Waals surface area contributed by atoms with Crippen molar-refractivity contribution in [2.45, 2.75) is 20.4 Å². The van der Waals surface area contributed by atoms with Gasteiger partial charge in [-0.25, -0.2) is 4.39 Å². The molecule has 1 saturated heterocycles. The van der Waals surface area contributed by atoms with Gasteiger partial charge in [0.25, 0.3) is 11.1 Å². The summed E-state index contributed by atoms with van der Waals surface area (Å²) in [7, 11) is 0. The van der Waals surface area contributed by atoms with Crippen LogP contribution in [0.15, 0.2) is 57.9 Å². The van der Waals surface area contributed by atoms with Crippen molar-refractivity contribution in [2.75, 3.05) is 0 Å². The van der Waals surface area contributed by atoms with Gasteiger partial charge in [-0.15, -0.1) is 0 Å². The van der Waals surface area contributed by atoms with Gasteiger partial charge in [0.15, 0.2) is 0 Å². The second-order valence-electron chi connectivity index (χ2n) is 7.14. The first-order valence-corrected chi connectivity index (χ1v) is 11.4. The summed E-state index contributed by atoms with van der Waals surface area (Å²) in [5.41, 5.74) is 4.37. The molecular formula is C23H17BrClFN2O2S. The van der Waals surface area contributed by atoms with Crippen LogP contribution in [0.2, 0.25) is 5.02 Å². The lowest BCUT2D eigenvalue weighted by atomic mass is 10.2. The molecule has 0 aliphatic carbocycles. The highest BCUT2D eigenvalue weighted by molar-refractivity contribution is 9.10. The van der Waals surface area contributed by atoms with Crippen molar-refractivity contribution < 1.29 is 14.0 Å². The van der Waals surface area contributed by atoms with E-state index in [1.165, 1.54) is 18.2 Å². The predicted octanol–water partition coefficient (Wildman–Crippen LogP) is 6.89. The molecule has 2 aromatic carbocycles. The van der Waals surface area contributed by atoms with Crippen LogP contribution >= 0.6 is 39.3 Å². The third-order valence-corrected chi connectivity index (χ3v) is 6.85. The molecule has 0 bridgehead atoms. The van der Waals surface area contributed by atoms with Gasteiger partial charge >= 0.3 is 0 Å². The maximum atomic E-state index is 13.3. The predicted molar refractivity (Wildman–Crippen MR) is 126 cm³/mol. The quantitative estimate of drug-likeness (QED) is 0.353. The number of nitrogens with zero attached hydrogens (tertiary/aromatic N) is 2. The van der Waals surface area contributed by atoms with Gasteiger partial charge in [0.1, 0.15) is 5.82 Å². The second kappa shape index (κ2) is 8.65. The van der Waals surface area contributed by atoms with Gasteiger partial charge in [-0.05, 0) is 85.3 Å². The Bertz CT molecular complexity index is 1240. The second-order valence-corrected chi connectivity index (χ2v) is 9.46. The highest BCUT2D eigenvalue weighted by Crippen LogP contribution is 2.35. The van der Waals surface area contributed by atoms with Crippen LogP contribution in [0.1, 0.15) is 22.5 Å². The molecule has 0 atom stereocenters. The molecule has 2 heterocycles. The fraction of sp³-hybridized carbons (Fsp3) is 0.130. The van der Waals surface area contributed by atoms with Crippen LogP contribution in [-0.2, 0) is 11.3 Å². The number of amides is 2. The van der Waals surface area contributed by atoms with E-state index in [2.05, 4.69) is 20.5 Å². The zero-order chi connectivity index (χ0) is 22.3. The van der Waals surface area contributed by atoms with Crippen LogP contribution < -0.4 is 0 Å². The van der Waals surface area contributed by atoms with Gasteiger partial charge in [-0.1, -0.05) is 33.6 Å². The van der Waals surface area contributed by atoms with Gasteiger partial charge in [-0.2, -0.15) is 0 Å². The lowest BCUT2D eigenvalue weighted by Gasteiger charge is -2.13. The van der Waals surface area contributed by atoms with Crippen molar-refractivity contribution >= 4 is 56.5 Å². The molecule has 1 fully saturated rings. The minimum absolute atomic E-state index is 0.000957. The Kier molecular flexibility index (Phi) is 6.10. The average Bonchev–Trinajstić information content (AvgIpc) is 3.14. The number of hydrogen-bond acceptors (Lipinski definition) is 3. The van der Waals surface area contributed by atoms with Gasteiger partial charge in [0.05, 0.1) is 11.4 Å². The number of carbonyl (C=O) groups excluding carboxylic acids is 2. The molecule has 0 unspecified atom stereocenters. The Morgan fingerprint density at radius 2 is 1.81 bits per heavy atom. The molecule has 0 N–H and O–H groups in total. The highest BCUT2D eigenvalue weighted by Gasteiger charge is 2.35. The molecule has 2 amide bonds. The first-order valence-electron chi connectivity index (χ1n) is 9.39. The molecule has 31 heavy (non-hydrogen) atoms. The molecule has 158 valence electrons. The topological polar surface area (TPSA) is 42.3 Å². The van der Waals surface area contributed by atoms with E-state index in [0.717, 1.165) is 43.8 Å². The summed E-state index contributed by atoms with van der Waals surface area (Å²) in [6.45, 7) is 3.97. The third kappa shape index (κ3) is 4.35. The van der Waals surface area contributed by atoms with E-state index >= 15 is 0 Å². The molecule has 1 aliphatic heterocycles. The zero-order valence-electron chi connectivity index (χ0n) is 16.7. The molecule has 4 rings (SSSR count). The molecule has 3 aromatic rings. The summed E-state index contributed by atoms with van der Waals surface area (Å²) < 4.78 is 16.4. The van der Waals surface area contributed by atoms with E-state index in [9.17, 15) is 14.0 Å². The number of thioether (sulfide) groups is 1. The van der Waals surface area contributed by atoms with Crippen molar-refractivity contribution in [1.29, 1.82) is 0 Å². The third-order valence-electron chi connectivity index (χ3n) is 5.06. The largest absolute Gasteiger partial charge is 0.318 e. The number of aryl methyl sites for hydroxylation is 1. The summed E-state index contributed by atoms with van der Waals surface area (Å²) in [4.78, 5) is 26.9. The molecule has 0 saturated carbocycles. The molecule has 0 radical (unpaired) electrons. The van der Waals surface area contributed by atoms with E-state index in [1.54, 1.807) is 6.08 Å². The summed E-state index contributed by atoms with van der Waals surface area (Å²) in [6, 6.07) is 13.9. The first kappa shape index (κ1) is 21.9. The lowest BCUT2D eigenvalue weighted by molar-refractivity contribution is -0.123. The summed E-state index contributed by atoms with van der Waals surface area (Å²) in [5.74, 6) is -0.854. The van der Waals surface area contributed by atoms with Crippen molar-refractivity contribution in [3.05, 3.63) is 91.3 Å². The van der Waals surface area contributed by atoms with E-state index in [1.807, 2.05) is 44.2 Å².